The normalized spacial score (nSPS) is 11.3. The van der Waals surface area contributed by atoms with E-state index in [0.29, 0.717) is 11.8 Å². The van der Waals surface area contributed by atoms with Gasteiger partial charge in [0.25, 0.3) is 11.6 Å². The highest BCUT2D eigenvalue weighted by molar-refractivity contribution is 5.96. The number of nitrogens with zero attached hydrogens (tertiary/aromatic N) is 1. The highest BCUT2D eigenvalue weighted by Crippen LogP contribution is 2.29. The molecule has 0 aliphatic heterocycles. The molecule has 1 amide bonds. The molecule has 0 aromatic heterocycles. The van der Waals surface area contributed by atoms with Crippen molar-refractivity contribution in [3.8, 4) is 11.5 Å². The van der Waals surface area contributed by atoms with Crippen molar-refractivity contribution in [2.24, 2.45) is 0 Å². The van der Waals surface area contributed by atoms with E-state index in [-0.39, 0.29) is 22.9 Å². The van der Waals surface area contributed by atoms with E-state index in [9.17, 15) is 19.7 Å². The van der Waals surface area contributed by atoms with Crippen molar-refractivity contribution in [1.82, 2.24) is 0 Å². The van der Waals surface area contributed by atoms with Crippen molar-refractivity contribution in [2.75, 3.05) is 12.4 Å². The lowest BCUT2D eigenvalue weighted by molar-refractivity contribution is -0.384. The van der Waals surface area contributed by atoms with E-state index in [4.69, 9.17) is 9.47 Å². The summed E-state index contributed by atoms with van der Waals surface area (Å²) in [5.41, 5.74) is 0.284. The molecule has 0 saturated carbocycles. The zero-order valence-electron chi connectivity index (χ0n) is 13.6. The van der Waals surface area contributed by atoms with Crippen LogP contribution in [0.5, 0.6) is 11.5 Å². The molecule has 0 aliphatic carbocycles. The van der Waals surface area contributed by atoms with Gasteiger partial charge in [0.05, 0.1) is 23.3 Å². The van der Waals surface area contributed by atoms with Crippen molar-refractivity contribution in [1.29, 1.82) is 0 Å². The molecular weight excluding hydrogens is 328 g/mol. The van der Waals surface area contributed by atoms with E-state index in [2.05, 4.69) is 5.32 Å². The Morgan fingerprint density at radius 2 is 1.96 bits per heavy atom. The summed E-state index contributed by atoms with van der Waals surface area (Å²) >= 11 is 0. The topological polar surface area (TPSA) is 108 Å². The Labute approximate surface area is 143 Å². The van der Waals surface area contributed by atoms with E-state index < -0.39 is 16.9 Å². The second kappa shape index (κ2) is 7.91. The minimum atomic E-state index is -0.940. The Morgan fingerprint density at radius 1 is 1.24 bits per heavy atom. The summed E-state index contributed by atoms with van der Waals surface area (Å²) < 4.78 is 10.6. The molecule has 0 radical (unpaired) electrons. The van der Waals surface area contributed by atoms with Gasteiger partial charge < -0.3 is 14.8 Å². The molecule has 0 aliphatic rings. The van der Waals surface area contributed by atoms with Gasteiger partial charge >= 0.3 is 0 Å². The number of aldehydes is 1. The quantitative estimate of drug-likeness (QED) is 0.470. The lowest BCUT2D eigenvalue weighted by Gasteiger charge is -2.17. The van der Waals surface area contributed by atoms with Gasteiger partial charge in [0.2, 0.25) is 0 Å². The summed E-state index contributed by atoms with van der Waals surface area (Å²) in [6.45, 7) is 1.50. The maximum atomic E-state index is 12.3. The summed E-state index contributed by atoms with van der Waals surface area (Å²) in [4.78, 5) is 33.6. The molecule has 2 aromatic rings. The van der Waals surface area contributed by atoms with Gasteiger partial charge in [-0.2, -0.15) is 0 Å². The van der Waals surface area contributed by atoms with Crippen LogP contribution >= 0.6 is 0 Å². The third-order valence-corrected chi connectivity index (χ3v) is 3.37. The fourth-order valence-corrected chi connectivity index (χ4v) is 2.07. The minimum absolute atomic E-state index is 0.154. The van der Waals surface area contributed by atoms with Crippen LogP contribution in [0, 0.1) is 10.1 Å². The first kappa shape index (κ1) is 17.9. The Balaban J connectivity index is 2.17. The molecular formula is C17H16N2O6. The zero-order chi connectivity index (χ0) is 18.4. The third kappa shape index (κ3) is 4.31. The Kier molecular flexibility index (Phi) is 5.67. The minimum Gasteiger partial charge on any atom is -0.495 e. The van der Waals surface area contributed by atoms with E-state index in [1.54, 1.807) is 24.3 Å². The number of rotatable bonds is 7. The maximum absolute atomic E-state index is 12.3. The number of hydrogen-bond donors (Lipinski definition) is 1. The predicted molar refractivity (Wildman–Crippen MR) is 90.2 cm³/mol. The van der Waals surface area contributed by atoms with Gasteiger partial charge in [0, 0.05) is 12.1 Å². The fraction of sp³-hybridized carbons (Fsp3) is 0.176. The van der Waals surface area contributed by atoms with Gasteiger partial charge in [0.1, 0.15) is 11.5 Å². The van der Waals surface area contributed by atoms with Crippen LogP contribution in [0.15, 0.2) is 42.5 Å². The van der Waals surface area contributed by atoms with Crippen molar-refractivity contribution >= 4 is 23.6 Å². The summed E-state index contributed by atoms with van der Waals surface area (Å²) in [6, 6.07) is 10.3. The molecule has 8 nitrogen and oxygen atoms in total. The van der Waals surface area contributed by atoms with E-state index in [1.807, 2.05) is 0 Å². The highest BCUT2D eigenvalue weighted by atomic mass is 16.6. The standard InChI is InChI=1S/C17H16N2O6/c1-11(25-15-6-4-3-5-12(15)10-20)17(21)18-14-9-13(19(22)23)7-8-16(14)24-2/h3-11H,1-2H3,(H,18,21)/t11-/m1/s1. The van der Waals surface area contributed by atoms with Crippen LogP contribution < -0.4 is 14.8 Å². The summed E-state index contributed by atoms with van der Waals surface area (Å²) in [5.74, 6) is 0.00472. The fourth-order valence-electron chi connectivity index (χ4n) is 2.07. The Hall–Kier alpha value is -3.42. The van der Waals surface area contributed by atoms with Crippen LogP contribution in [0.1, 0.15) is 17.3 Å². The smallest absolute Gasteiger partial charge is 0.271 e. The molecule has 0 unspecified atom stereocenters. The number of hydrogen-bond acceptors (Lipinski definition) is 6. The number of para-hydroxylation sites is 1. The first-order chi connectivity index (χ1) is 12.0. The Bertz CT molecular complexity index is 805. The van der Waals surface area contributed by atoms with Crippen LogP contribution in [0.4, 0.5) is 11.4 Å². The van der Waals surface area contributed by atoms with Crippen molar-refractivity contribution in [2.45, 2.75) is 13.0 Å². The van der Waals surface area contributed by atoms with E-state index in [0.717, 1.165) is 0 Å². The molecule has 25 heavy (non-hydrogen) atoms. The SMILES string of the molecule is COc1ccc([N+](=O)[O-])cc1NC(=O)[C@@H](C)Oc1ccccc1C=O. The number of non-ortho nitro benzene ring substituents is 1. The monoisotopic (exact) mass is 344 g/mol. The number of nitro groups is 1. The number of carbonyl (C=O) groups is 2. The Morgan fingerprint density at radius 3 is 2.60 bits per heavy atom. The molecule has 1 atom stereocenters. The number of amides is 1. The number of nitrogens with one attached hydrogen (secondary N) is 1. The van der Waals surface area contributed by atoms with Crippen molar-refractivity contribution in [3.05, 3.63) is 58.1 Å². The highest BCUT2D eigenvalue weighted by Gasteiger charge is 2.19. The molecule has 0 heterocycles. The van der Waals surface area contributed by atoms with Gasteiger partial charge in [-0.05, 0) is 25.1 Å². The van der Waals surface area contributed by atoms with Crippen LogP contribution in [-0.4, -0.2) is 30.3 Å². The zero-order valence-corrected chi connectivity index (χ0v) is 13.6. The van der Waals surface area contributed by atoms with Crippen LogP contribution in [0.3, 0.4) is 0 Å². The summed E-state index contributed by atoms with van der Waals surface area (Å²) in [5, 5.41) is 13.4. The van der Waals surface area contributed by atoms with Gasteiger partial charge in [0.15, 0.2) is 12.4 Å². The van der Waals surface area contributed by atoms with Gasteiger partial charge in [-0.25, -0.2) is 0 Å². The summed E-state index contributed by atoms with van der Waals surface area (Å²) in [7, 11) is 1.39. The molecule has 1 N–H and O–H groups in total. The van der Waals surface area contributed by atoms with Gasteiger partial charge in [-0.1, -0.05) is 12.1 Å². The van der Waals surface area contributed by atoms with Gasteiger partial charge in [-0.3, -0.25) is 19.7 Å². The predicted octanol–water partition coefficient (Wildman–Crippen LogP) is 2.82. The molecule has 2 aromatic carbocycles. The average Bonchev–Trinajstić information content (AvgIpc) is 2.61. The third-order valence-electron chi connectivity index (χ3n) is 3.37. The van der Waals surface area contributed by atoms with Crippen LogP contribution in [0.2, 0.25) is 0 Å². The number of nitro benzene ring substituents is 1. The molecule has 0 fully saturated rings. The second-order valence-corrected chi connectivity index (χ2v) is 5.05. The van der Waals surface area contributed by atoms with Crippen molar-refractivity contribution in [3.63, 3.8) is 0 Å². The largest absolute Gasteiger partial charge is 0.495 e. The number of carbonyl (C=O) groups excluding carboxylic acids is 2. The number of benzene rings is 2. The molecule has 0 bridgehead atoms. The number of methoxy groups -OCH3 is 1. The maximum Gasteiger partial charge on any atom is 0.271 e. The lowest BCUT2D eigenvalue weighted by Crippen LogP contribution is -2.30. The first-order valence-corrected chi connectivity index (χ1v) is 7.30. The van der Waals surface area contributed by atoms with E-state index in [1.165, 1.54) is 32.2 Å². The average molecular weight is 344 g/mol. The van der Waals surface area contributed by atoms with Crippen molar-refractivity contribution < 1.29 is 24.0 Å². The summed E-state index contributed by atoms with van der Waals surface area (Å²) in [6.07, 6.45) is -0.311. The van der Waals surface area contributed by atoms with E-state index >= 15 is 0 Å². The van der Waals surface area contributed by atoms with Crippen LogP contribution in [-0.2, 0) is 4.79 Å². The molecule has 2 rings (SSSR count). The number of anilines is 1. The number of ether oxygens (including phenoxy) is 2. The molecule has 0 spiro atoms. The second-order valence-electron chi connectivity index (χ2n) is 5.05. The first-order valence-electron chi connectivity index (χ1n) is 7.30. The molecule has 8 heteroatoms. The van der Waals surface area contributed by atoms with Gasteiger partial charge in [-0.15, -0.1) is 0 Å². The molecule has 0 saturated heterocycles. The molecule has 130 valence electrons. The lowest BCUT2D eigenvalue weighted by atomic mass is 10.2. The van der Waals surface area contributed by atoms with Crippen LogP contribution in [0.25, 0.3) is 0 Å².